The van der Waals surface area contributed by atoms with Crippen LogP contribution in [0.5, 0.6) is 0 Å². The van der Waals surface area contributed by atoms with E-state index in [2.05, 4.69) is 38.7 Å². The fourth-order valence-corrected chi connectivity index (χ4v) is 1.66. The molecule has 0 saturated heterocycles. The first-order valence-corrected chi connectivity index (χ1v) is 5.78. The molecule has 0 saturated carbocycles. The largest absolute Gasteiger partial charge is 0.364 e. The second kappa shape index (κ2) is 5.92. The van der Waals surface area contributed by atoms with Gasteiger partial charge in [0.2, 0.25) is 0 Å². The van der Waals surface area contributed by atoms with E-state index in [1.165, 1.54) is 11.9 Å². The van der Waals surface area contributed by atoms with Crippen LogP contribution < -0.4 is 16.6 Å². The van der Waals surface area contributed by atoms with Gasteiger partial charge in [-0.1, -0.05) is 13.0 Å². The molecule has 0 bridgehead atoms. The van der Waals surface area contributed by atoms with Crippen LogP contribution in [-0.2, 0) is 13.0 Å². The molecule has 0 atom stereocenters. The molecule has 0 aliphatic carbocycles. The summed E-state index contributed by atoms with van der Waals surface area (Å²) in [4.78, 5) is 12.4. The van der Waals surface area contributed by atoms with Crippen molar-refractivity contribution in [1.29, 1.82) is 0 Å². The Kier molecular flexibility index (Phi) is 4.03. The van der Waals surface area contributed by atoms with E-state index in [-0.39, 0.29) is 0 Å². The van der Waals surface area contributed by atoms with E-state index >= 15 is 0 Å². The van der Waals surface area contributed by atoms with E-state index in [4.69, 9.17) is 5.84 Å². The molecular formula is C12H16N6. The van der Waals surface area contributed by atoms with E-state index in [1.54, 1.807) is 12.3 Å². The van der Waals surface area contributed by atoms with Crippen LogP contribution in [0, 0.1) is 0 Å². The number of anilines is 2. The maximum atomic E-state index is 5.29. The number of pyridine rings is 1. The molecule has 18 heavy (non-hydrogen) atoms. The van der Waals surface area contributed by atoms with Crippen molar-refractivity contribution in [3.63, 3.8) is 0 Å². The van der Waals surface area contributed by atoms with Gasteiger partial charge in [0.15, 0.2) is 0 Å². The predicted octanol–water partition coefficient (Wildman–Crippen LogP) is 1.33. The summed E-state index contributed by atoms with van der Waals surface area (Å²) in [5, 5.41) is 3.20. The van der Waals surface area contributed by atoms with Crippen molar-refractivity contribution in [3.05, 3.63) is 42.0 Å². The number of aromatic nitrogens is 3. The molecule has 0 aliphatic rings. The fraction of sp³-hybridized carbons (Fsp3) is 0.250. The number of hydrazine groups is 1. The summed E-state index contributed by atoms with van der Waals surface area (Å²) in [6.45, 7) is 2.74. The molecule has 6 nitrogen and oxygen atoms in total. The molecule has 0 amide bonds. The number of hydrogen-bond acceptors (Lipinski definition) is 6. The molecule has 0 aliphatic heterocycles. The van der Waals surface area contributed by atoms with E-state index < -0.39 is 0 Å². The van der Waals surface area contributed by atoms with Crippen LogP contribution in [0.4, 0.5) is 11.6 Å². The zero-order chi connectivity index (χ0) is 12.8. The van der Waals surface area contributed by atoms with Crippen molar-refractivity contribution in [2.24, 2.45) is 5.84 Å². The monoisotopic (exact) mass is 244 g/mol. The molecule has 2 rings (SSSR count). The van der Waals surface area contributed by atoms with E-state index in [1.807, 2.05) is 6.07 Å². The van der Waals surface area contributed by atoms with Crippen LogP contribution in [0.3, 0.4) is 0 Å². The minimum absolute atomic E-state index is 0.573. The fourth-order valence-electron chi connectivity index (χ4n) is 1.66. The number of aryl methyl sites for hydroxylation is 1. The first-order valence-electron chi connectivity index (χ1n) is 5.78. The second-order valence-electron chi connectivity index (χ2n) is 3.75. The summed E-state index contributed by atoms with van der Waals surface area (Å²) in [6.07, 6.45) is 4.21. The van der Waals surface area contributed by atoms with E-state index in [0.29, 0.717) is 18.2 Å². The van der Waals surface area contributed by atoms with Crippen LogP contribution in [0.2, 0.25) is 0 Å². The van der Waals surface area contributed by atoms with Gasteiger partial charge in [-0.15, -0.1) is 0 Å². The maximum absolute atomic E-state index is 5.29. The van der Waals surface area contributed by atoms with Gasteiger partial charge in [-0.25, -0.2) is 15.8 Å². The summed E-state index contributed by atoms with van der Waals surface area (Å²) in [6, 6.07) is 5.77. The average Bonchev–Trinajstić information content (AvgIpc) is 2.45. The summed E-state index contributed by atoms with van der Waals surface area (Å²) in [5.74, 6) is 6.58. The molecule has 0 radical (unpaired) electrons. The Morgan fingerprint density at radius 2 is 2.06 bits per heavy atom. The number of hydrogen-bond donors (Lipinski definition) is 3. The third-order valence-electron chi connectivity index (χ3n) is 2.62. The Morgan fingerprint density at radius 3 is 2.83 bits per heavy atom. The summed E-state index contributed by atoms with van der Waals surface area (Å²) in [5.41, 5.74) is 4.74. The van der Waals surface area contributed by atoms with Crippen LogP contribution in [0.1, 0.15) is 18.2 Å². The summed E-state index contributed by atoms with van der Waals surface area (Å²) < 4.78 is 0. The zero-order valence-corrected chi connectivity index (χ0v) is 10.2. The van der Waals surface area contributed by atoms with Gasteiger partial charge in [-0.05, 0) is 18.1 Å². The smallest absolute Gasteiger partial charge is 0.145 e. The molecule has 2 aromatic rings. The topological polar surface area (TPSA) is 88.8 Å². The molecule has 6 heteroatoms. The SMILES string of the molecule is CCc1cccnc1CNc1cc(NN)ncn1. The number of nitrogens with zero attached hydrogens (tertiary/aromatic N) is 3. The number of rotatable bonds is 5. The Balaban J connectivity index is 2.06. The average molecular weight is 244 g/mol. The zero-order valence-electron chi connectivity index (χ0n) is 10.2. The van der Waals surface area contributed by atoms with Crippen LogP contribution >= 0.6 is 0 Å². The van der Waals surface area contributed by atoms with E-state index in [9.17, 15) is 0 Å². The third kappa shape index (κ3) is 2.92. The van der Waals surface area contributed by atoms with Gasteiger partial charge in [0.1, 0.15) is 18.0 Å². The maximum Gasteiger partial charge on any atom is 0.145 e. The molecular weight excluding hydrogens is 228 g/mol. The Hall–Kier alpha value is -2.21. The highest BCUT2D eigenvalue weighted by Gasteiger charge is 2.02. The number of nitrogens with one attached hydrogen (secondary N) is 2. The van der Waals surface area contributed by atoms with Crippen molar-refractivity contribution < 1.29 is 0 Å². The number of nitrogen functional groups attached to an aromatic ring is 1. The van der Waals surface area contributed by atoms with Crippen molar-refractivity contribution in [2.45, 2.75) is 19.9 Å². The quantitative estimate of drug-likeness (QED) is 0.543. The highest BCUT2D eigenvalue weighted by molar-refractivity contribution is 5.45. The first kappa shape index (κ1) is 12.3. The molecule has 0 spiro atoms. The molecule has 2 aromatic heterocycles. The standard InChI is InChI=1S/C12H16N6/c1-2-9-4-3-5-14-10(9)7-15-11-6-12(18-13)17-8-16-11/h3-6,8H,2,7,13H2,1H3,(H2,15,16,17,18). The Morgan fingerprint density at radius 1 is 1.22 bits per heavy atom. The van der Waals surface area contributed by atoms with Crippen molar-refractivity contribution in [2.75, 3.05) is 10.7 Å². The van der Waals surface area contributed by atoms with Gasteiger partial charge in [0.05, 0.1) is 12.2 Å². The van der Waals surface area contributed by atoms with E-state index in [0.717, 1.165) is 12.1 Å². The Bertz CT molecular complexity index is 513. The molecule has 0 unspecified atom stereocenters. The molecule has 0 fully saturated rings. The van der Waals surface area contributed by atoms with Gasteiger partial charge in [0.25, 0.3) is 0 Å². The molecule has 94 valence electrons. The summed E-state index contributed by atoms with van der Waals surface area (Å²) in [7, 11) is 0. The van der Waals surface area contributed by atoms with Crippen molar-refractivity contribution >= 4 is 11.6 Å². The first-order chi connectivity index (χ1) is 8.83. The molecule has 0 aromatic carbocycles. The minimum Gasteiger partial charge on any atom is -0.364 e. The molecule has 2 heterocycles. The lowest BCUT2D eigenvalue weighted by Gasteiger charge is -2.09. The highest BCUT2D eigenvalue weighted by atomic mass is 15.3. The van der Waals surface area contributed by atoms with Crippen molar-refractivity contribution in [3.8, 4) is 0 Å². The number of nitrogens with two attached hydrogens (primary N) is 1. The predicted molar refractivity (Wildman–Crippen MR) is 70.8 cm³/mol. The third-order valence-corrected chi connectivity index (χ3v) is 2.62. The lowest BCUT2D eigenvalue weighted by molar-refractivity contribution is 0.961. The van der Waals surface area contributed by atoms with Crippen LogP contribution in [0.25, 0.3) is 0 Å². The summed E-state index contributed by atoms with van der Waals surface area (Å²) >= 11 is 0. The van der Waals surface area contributed by atoms with Gasteiger partial charge in [-0.3, -0.25) is 4.98 Å². The second-order valence-corrected chi connectivity index (χ2v) is 3.75. The normalized spacial score (nSPS) is 10.1. The van der Waals surface area contributed by atoms with Gasteiger partial charge >= 0.3 is 0 Å². The van der Waals surface area contributed by atoms with Gasteiger partial charge < -0.3 is 10.7 Å². The Labute approximate surface area is 106 Å². The van der Waals surface area contributed by atoms with Gasteiger partial charge in [-0.2, -0.15) is 0 Å². The minimum atomic E-state index is 0.573. The lowest BCUT2D eigenvalue weighted by Crippen LogP contribution is -2.10. The van der Waals surface area contributed by atoms with Gasteiger partial charge in [0, 0.05) is 12.3 Å². The van der Waals surface area contributed by atoms with Crippen molar-refractivity contribution in [1.82, 2.24) is 15.0 Å². The van der Waals surface area contributed by atoms with Crippen LogP contribution in [0.15, 0.2) is 30.7 Å². The molecule has 4 N–H and O–H groups in total. The lowest BCUT2D eigenvalue weighted by atomic mass is 10.1. The van der Waals surface area contributed by atoms with Crippen LogP contribution in [-0.4, -0.2) is 15.0 Å². The highest BCUT2D eigenvalue weighted by Crippen LogP contribution is 2.11.